The maximum Gasteiger partial charge on any atom is 0.392 e. The summed E-state index contributed by atoms with van der Waals surface area (Å²) >= 11 is 0. The predicted molar refractivity (Wildman–Crippen MR) is 51.8 cm³/mol. The minimum Gasteiger partial charge on any atom is -0.493 e. The van der Waals surface area contributed by atoms with E-state index in [4.69, 9.17) is 10.5 Å². The third-order valence-electron chi connectivity index (χ3n) is 1.73. The van der Waals surface area contributed by atoms with Gasteiger partial charge < -0.3 is 10.5 Å². The van der Waals surface area contributed by atoms with Gasteiger partial charge in [0.1, 0.15) is 5.75 Å². The van der Waals surface area contributed by atoms with Gasteiger partial charge in [-0.3, -0.25) is 0 Å². The fourth-order valence-electron chi connectivity index (χ4n) is 1.14. The third kappa shape index (κ3) is 4.58. The average molecular weight is 219 g/mol. The summed E-state index contributed by atoms with van der Waals surface area (Å²) in [5.74, 6) is 0.372. The fraction of sp³-hybridized carbons (Fsp3) is 0.400. The highest BCUT2D eigenvalue weighted by atomic mass is 19.4. The maximum atomic E-state index is 11.8. The largest absolute Gasteiger partial charge is 0.493 e. The molecule has 0 radical (unpaired) electrons. The average Bonchev–Trinajstić information content (AvgIpc) is 1.99. The molecule has 2 nitrogen and oxygen atoms in total. The van der Waals surface area contributed by atoms with Crippen LogP contribution in [0.1, 0.15) is 12.0 Å². The van der Waals surface area contributed by atoms with E-state index in [1.54, 1.807) is 19.1 Å². The molecule has 0 aliphatic heterocycles. The molecule has 0 heterocycles. The normalized spacial score (nSPS) is 11.5. The molecule has 0 unspecified atom stereocenters. The molecule has 0 saturated heterocycles. The number of nitrogen functional groups attached to an aromatic ring is 1. The molecule has 1 aromatic carbocycles. The number of nitrogens with two attached hydrogens (primary N) is 1. The number of benzene rings is 1. The first-order chi connectivity index (χ1) is 6.87. The van der Waals surface area contributed by atoms with Gasteiger partial charge in [-0.05, 0) is 24.6 Å². The Labute approximate surface area is 85.8 Å². The van der Waals surface area contributed by atoms with Gasteiger partial charge in [0.15, 0.2) is 0 Å². The van der Waals surface area contributed by atoms with Crippen molar-refractivity contribution in [2.75, 3.05) is 12.3 Å². The highest BCUT2D eigenvalue weighted by molar-refractivity contribution is 5.47. The second-order valence-electron chi connectivity index (χ2n) is 3.29. The molecule has 0 atom stereocenters. The molecule has 84 valence electrons. The number of hydrogen-bond donors (Lipinski definition) is 1. The lowest BCUT2D eigenvalue weighted by atomic mass is 10.2. The minimum absolute atomic E-state index is 0.372. The van der Waals surface area contributed by atoms with E-state index in [1.165, 1.54) is 6.07 Å². The molecule has 1 rings (SSSR count). The summed E-state index contributed by atoms with van der Waals surface area (Å²) in [6.45, 7) is 1.42. The second kappa shape index (κ2) is 4.42. The number of halogens is 3. The third-order valence-corrected chi connectivity index (χ3v) is 1.73. The Hall–Kier alpha value is -1.39. The zero-order chi connectivity index (χ0) is 11.5. The molecule has 1 aromatic rings. The van der Waals surface area contributed by atoms with Crippen molar-refractivity contribution >= 4 is 5.69 Å². The van der Waals surface area contributed by atoms with Crippen molar-refractivity contribution in [3.8, 4) is 5.75 Å². The van der Waals surface area contributed by atoms with Crippen LogP contribution in [0.5, 0.6) is 5.75 Å². The highest BCUT2D eigenvalue weighted by Crippen LogP contribution is 2.22. The molecular formula is C10H12F3NO. The van der Waals surface area contributed by atoms with Gasteiger partial charge in [0, 0.05) is 11.8 Å². The van der Waals surface area contributed by atoms with Crippen LogP contribution in [0, 0.1) is 6.92 Å². The van der Waals surface area contributed by atoms with E-state index in [0.29, 0.717) is 11.4 Å². The molecule has 0 saturated carbocycles. The van der Waals surface area contributed by atoms with Crippen molar-refractivity contribution < 1.29 is 17.9 Å². The van der Waals surface area contributed by atoms with E-state index in [0.717, 1.165) is 5.56 Å². The van der Waals surface area contributed by atoms with Crippen LogP contribution in [0.2, 0.25) is 0 Å². The number of alkyl halides is 3. The zero-order valence-electron chi connectivity index (χ0n) is 8.27. The van der Waals surface area contributed by atoms with Gasteiger partial charge >= 0.3 is 6.18 Å². The molecule has 15 heavy (non-hydrogen) atoms. The highest BCUT2D eigenvalue weighted by Gasteiger charge is 2.26. The summed E-state index contributed by atoms with van der Waals surface area (Å²) in [5.41, 5.74) is 6.86. The van der Waals surface area contributed by atoms with E-state index < -0.39 is 12.6 Å². The maximum absolute atomic E-state index is 11.8. The molecule has 0 amide bonds. The van der Waals surface area contributed by atoms with E-state index in [-0.39, 0.29) is 6.61 Å². The number of rotatable bonds is 3. The van der Waals surface area contributed by atoms with Crippen LogP contribution in [0.15, 0.2) is 18.2 Å². The van der Waals surface area contributed by atoms with Crippen LogP contribution >= 0.6 is 0 Å². The van der Waals surface area contributed by atoms with E-state index in [2.05, 4.69) is 0 Å². The molecular weight excluding hydrogens is 207 g/mol. The van der Waals surface area contributed by atoms with Crippen molar-refractivity contribution in [3.05, 3.63) is 23.8 Å². The van der Waals surface area contributed by atoms with Gasteiger partial charge in [-0.2, -0.15) is 13.2 Å². The van der Waals surface area contributed by atoms with Crippen LogP contribution < -0.4 is 10.5 Å². The summed E-state index contributed by atoms with van der Waals surface area (Å²) in [7, 11) is 0. The molecule has 2 N–H and O–H groups in total. The molecule has 0 aromatic heterocycles. The molecule has 0 aliphatic carbocycles. The monoisotopic (exact) mass is 219 g/mol. The zero-order valence-corrected chi connectivity index (χ0v) is 8.27. The van der Waals surface area contributed by atoms with Crippen molar-refractivity contribution in [2.45, 2.75) is 19.5 Å². The number of ether oxygens (including phenoxy) is 1. The van der Waals surface area contributed by atoms with Gasteiger partial charge in [-0.1, -0.05) is 0 Å². The molecule has 0 aliphatic rings. The quantitative estimate of drug-likeness (QED) is 0.793. The summed E-state index contributed by atoms with van der Waals surface area (Å²) in [4.78, 5) is 0. The van der Waals surface area contributed by atoms with Crippen LogP contribution in [0.25, 0.3) is 0 Å². The lowest BCUT2D eigenvalue weighted by Crippen LogP contribution is -2.13. The number of aryl methyl sites for hydroxylation is 1. The summed E-state index contributed by atoms with van der Waals surface area (Å²) in [5, 5.41) is 0. The van der Waals surface area contributed by atoms with Crippen molar-refractivity contribution in [1.29, 1.82) is 0 Å². The summed E-state index contributed by atoms with van der Waals surface area (Å²) in [6.07, 6.45) is -5.14. The van der Waals surface area contributed by atoms with Crippen molar-refractivity contribution in [1.82, 2.24) is 0 Å². The first-order valence-electron chi connectivity index (χ1n) is 4.43. The smallest absolute Gasteiger partial charge is 0.392 e. The Balaban J connectivity index is 2.51. The standard InChI is InChI=1S/C10H12F3NO/c1-7-4-8(14)6-9(5-7)15-3-2-10(11,12)13/h4-6H,2-3,14H2,1H3. The molecule has 0 spiro atoms. The van der Waals surface area contributed by atoms with Crippen LogP contribution in [0.4, 0.5) is 18.9 Å². The van der Waals surface area contributed by atoms with Gasteiger partial charge in [-0.15, -0.1) is 0 Å². The minimum atomic E-state index is -4.19. The molecule has 0 bridgehead atoms. The van der Waals surface area contributed by atoms with Crippen LogP contribution in [-0.2, 0) is 0 Å². The topological polar surface area (TPSA) is 35.2 Å². The SMILES string of the molecule is Cc1cc(N)cc(OCCC(F)(F)F)c1. The first kappa shape index (κ1) is 11.7. The van der Waals surface area contributed by atoms with Crippen LogP contribution in [-0.4, -0.2) is 12.8 Å². The lowest BCUT2D eigenvalue weighted by molar-refractivity contribution is -0.139. The summed E-state index contributed by atoms with van der Waals surface area (Å²) < 4.78 is 40.4. The summed E-state index contributed by atoms with van der Waals surface area (Å²) in [6, 6.07) is 4.87. The van der Waals surface area contributed by atoms with Gasteiger partial charge in [0.25, 0.3) is 0 Å². The Morgan fingerprint density at radius 1 is 1.27 bits per heavy atom. The van der Waals surface area contributed by atoms with Gasteiger partial charge in [-0.25, -0.2) is 0 Å². The number of anilines is 1. The predicted octanol–water partition coefficient (Wildman–Crippen LogP) is 2.91. The van der Waals surface area contributed by atoms with Crippen molar-refractivity contribution in [2.24, 2.45) is 0 Å². The van der Waals surface area contributed by atoms with E-state index in [9.17, 15) is 13.2 Å². The lowest BCUT2D eigenvalue weighted by Gasteiger charge is -2.09. The Morgan fingerprint density at radius 2 is 1.93 bits per heavy atom. The molecule has 5 heteroatoms. The molecule has 0 fully saturated rings. The van der Waals surface area contributed by atoms with E-state index >= 15 is 0 Å². The number of hydrogen-bond acceptors (Lipinski definition) is 2. The van der Waals surface area contributed by atoms with Crippen LogP contribution in [0.3, 0.4) is 0 Å². The Kier molecular flexibility index (Phi) is 3.44. The fourth-order valence-corrected chi connectivity index (χ4v) is 1.14. The Morgan fingerprint density at radius 3 is 2.47 bits per heavy atom. The van der Waals surface area contributed by atoms with Gasteiger partial charge in [0.05, 0.1) is 13.0 Å². The van der Waals surface area contributed by atoms with E-state index in [1.807, 2.05) is 0 Å². The van der Waals surface area contributed by atoms with Crippen molar-refractivity contribution in [3.63, 3.8) is 0 Å². The van der Waals surface area contributed by atoms with Gasteiger partial charge in [0.2, 0.25) is 0 Å². The Bertz CT molecular complexity index is 316. The first-order valence-corrected chi connectivity index (χ1v) is 4.43. The second-order valence-corrected chi connectivity index (χ2v) is 3.29.